The van der Waals surface area contributed by atoms with E-state index in [0.717, 1.165) is 4.47 Å². The third-order valence-corrected chi connectivity index (χ3v) is 3.57. The van der Waals surface area contributed by atoms with E-state index in [4.69, 9.17) is 23.2 Å². The standard InChI is InChI=1S/C12H6BrCl2N3O3/c13-6-1-2-9(8(14)5-6)17-12(19)7-3-4-16-11(15)10(7)18(20)21/h1-5H,(H,17,19). The van der Waals surface area contributed by atoms with Crippen LogP contribution in [-0.2, 0) is 0 Å². The fourth-order valence-electron chi connectivity index (χ4n) is 1.57. The van der Waals surface area contributed by atoms with Gasteiger partial charge >= 0.3 is 5.69 Å². The number of amides is 1. The summed E-state index contributed by atoms with van der Waals surface area (Å²) >= 11 is 14.9. The highest BCUT2D eigenvalue weighted by atomic mass is 79.9. The van der Waals surface area contributed by atoms with Gasteiger partial charge < -0.3 is 5.32 Å². The fourth-order valence-corrected chi connectivity index (χ4v) is 2.51. The van der Waals surface area contributed by atoms with Crippen molar-refractivity contribution < 1.29 is 9.72 Å². The van der Waals surface area contributed by atoms with Gasteiger partial charge in [0.25, 0.3) is 5.91 Å². The summed E-state index contributed by atoms with van der Waals surface area (Å²) in [5.74, 6) is -0.699. The molecule has 0 unspecified atom stereocenters. The summed E-state index contributed by atoms with van der Waals surface area (Å²) < 4.78 is 0.739. The summed E-state index contributed by atoms with van der Waals surface area (Å²) in [4.78, 5) is 26.0. The molecule has 0 aliphatic rings. The van der Waals surface area contributed by atoms with Gasteiger partial charge in [0.1, 0.15) is 5.56 Å². The largest absolute Gasteiger partial charge is 0.320 e. The molecule has 1 amide bonds. The third kappa shape index (κ3) is 3.49. The number of hydrogen-bond acceptors (Lipinski definition) is 4. The van der Waals surface area contributed by atoms with Crippen molar-refractivity contribution >= 4 is 56.4 Å². The zero-order valence-corrected chi connectivity index (χ0v) is 13.2. The van der Waals surface area contributed by atoms with Gasteiger partial charge in [0.15, 0.2) is 0 Å². The number of nitro groups is 1. The first-order chi connectivity index (χ1) is 9.90. The van der Waals surface area contributed by atoms with Crippen molar-refractivity contribution in [3.63, 3.8) is 0 Å². The van der Waals surface area contributed by atoms with Crippen LogP contribution in [0.5, 0.6) is 0 Å². The van der Waals surface area contributed by atoms with Crippen LogP contribution in [0.2, 0.25) is 10.2 Å². The lowest BCUT2D eigenvalue weighted by Crippen LogP contribution is -2.14. The summed E-state index contributed by atoms with van der Waals surface area (Å²) in [5, 5.41) is 13.4. The van der Waals surface area contributed by atoms with E-state index in [1.807, 2.05) is 0 Å². The van der Waals surface area contributed by atoms with Crippen LogP contribution < -0.4 is 5.32 Å². The second-order valence-electron chi connectivity index (χ2n) is 3.83. The number of carbonyl (C=O) groups is 1. The molecule has 1 heterocycles. The minimum absolute atomic E-state index is 0.195. The first kappa shape index (κ1) is 15.7. The Kier molecular flexibility index (Phi) is 4.76. The van der Waals surface area contributed by atoms with Crippen LogP contribution in [0.4, 0.5) is 11.4 Å². The fraction of sp³-hybridized carbons (Fsp3) is 0. The summed E-state index contributed by atoms with van der Waals surface area (Å²) in [6.07, 6.45) is 1.22. The summed E-state index contributed by atoms with van der Waals surface area (Å²) in [6, 6.07) is 6.05. The van der Waals surface area contributed by atoms with Gasteiger partial charge in [-0.25, -0.2) is 4.98 Å². The molecule has 0 spiro atoms. The molecule has 1 aromatic heterocycles. The number of nitrogens with one attached hydrogen (secondary N) is 1. The number of pyridine rings is 1. The van der Waals surface area contributed by atoms with Gasteiger partial charge in [-0.3, -0.25) is 14.9 Å². The van der Waals surface area contributed by atoms with Gasteiger partial charge in [-0.05, 0) is 24.3 Å². The van der Waals surface area contributed by atoms with Crippen molar-refractivity contribution in [2.45, 2.75) is 0 Å². The van der Waals surface area contributed by atoms with Crippen molar-refractivity contribution in [1.82, 2.24) is 4.98 Å². The quantitative estimate of drug-likeness (QED) is 0.480. The number of carbonyl (C=O) groups excluding carboxylic acids is 1. The second kappa shape index (κ2) is 6.38. The molecule has 0 bridgehead atoms. The number of hydrogen-bond donors (Lipinski definition) is 1. The smallest absolute Gasteiger partial charge is 0.319 e. The second-order valence-corrected chi connectivity index (χ2v) is 5.51. The lowest BCUT2D eigenvalue weighted by atomic mass is 10.2. The van der Waals surface area contributed by atoms with E-state index >= 15 is 0 Å². The Morgan fingerprint density at radius 3 is 2.67 bits per heavy atom. The lowest BCUT2D eigenvalue weighted by molar-refractivity contribution is -0.385. The molecule has 9 heteroatoms. The van der Waals surface area contributed by atoms with Crippen LogP contribution in [0.15, 0.2) is 34.9 Å². The first-order valence-corrected chi connectivity index (χ1v) is 7.00. The van der Waals surface area contributed by atoms with Gasteiger partial charge in [-0.2, -0.15) is 0 Å². The summed E-state index contributed by atoms with van der Waals surface area (Å²) in [6.45, 7) is 0. The zero-order chi connectivity index (χ0) is 15.6. The molecular formula is C12H6BrCl2N3O3. The lowest BCUT2D eigenvalue weighted by Gasteiger charge is -2.08. The molecular weight excluding hydrogens is 385 g/mol. The zero-order valence-electron chi connectivity index (χ0n) is 10.1. The molecule has 0 radical (unpaired) electrons. The molecule has 21 heavy (non-hydrogen) atoms. The first-order valence-electron chi connectivity index (χ1n) is 5.45. The maximum atomic E-state index is 12.2. The van der Waals surface area contributed by atoms with Gasteiger partial charge in [0.05, 0.1) is 15.6 Å². The van der Waals surface area contributed by atoms with Crippen LogP contribution in [-0.4, -0.2) is 15.8 Å². The van der Waals surface area contributed by atoms with Crippen molar-refractivity contribution in [2.24, 2.45) is 0 Å². The molecule has 0 fully saturated rings. The molecule has 2 aromatic rings. The molecule has 1 N–H and O–H groups in total. The number of benzene rings is 1. The predicted octanol–water partition coefficient (Wildman–Crippen LogP) is 4.31. The molecule has 108 valence electrons. The van der Waals surface area contributed by atoms with Crippen LogP contribution in [0.1, 0.15) is 10.4 Å². The highest BCUT2D eigenvalue weighted by Crippen LogP contribution is 2.29. The normalized spacial score (nSPS) is 10.2. The van der Waals surface area contributed by atoms with Crippen molar-refractivity contribution in [3.8, 4) is 0 Å². The highest BCUT2D eigenvalue weighted by Gasteiger charge is 2.25. The molecule has 0 aliphatic heterocycles. The van der Waals surface area contributed by atoms with E-state index in [0.29, 0.717) is 10.7 Å². The summed E-state index contributed by atoms with van der Waals surface area (Å²) in [7, 11) is 0. The van der Waals surface area contributed by atoms with Crippen molar-refractivity contribution in [3.05, 3.63) is 60.8 Å². The highest BCUT2D eigenvalue weighted by molar-refractivity contribution is 9.10. The van der Waals surface area contributed by atoms with Gasteiger partial charge in [0.2, 0.25) is 5.15 Å². The third-order valence-electron chi connectivity index (χ3n) is 2.49. The average molecular weight is 391 g/mol. The van der Waals surface area contributed by atoms with Gasteiger partial charge in [-0.15, -0.1) is 0 Å². The Balaban J connectivity index is 2.37. The number of aromatic nitrogens is 1. The predicted molar refractivity (Wildman–Crippen MR) is 83.0 cm³/mol. The molecule has 0 saturated heterocycles. The Hall–Kier alpha value is -1.70. The Bertz CT molecular complexity index is 740. The molecule has 0 aliphatic carbocycles. The molecule has 1 aromatic carbocycles. The Morgan fingerprint density at radius 2 is 2.05 bits per heavy atom. The van der Waals surface area contributed by atoms with Crippen LogP contribution in [0, 0.1) is 10.1 Å². The number of halogens is 3. The van der Waals surface area contributed by atoms with Gasteiger partial charge in [-0.1, -0.05) is 39.1 Å². The maximum absolute atomic E-state index is 12.2. The SMILES string of the molecule is O=C(Nc1ccc(Br)cc1Cl)c1ccnc(Cl)c1[N+](=O)[O-]. The Labute approximate surface area is 137 Å². The number of rotatable bonds is 3. The Morgan fingerprint density at radius 1 is 1.33 bits per heavy atom. The minimum atomic E-state index is -0.757. The topological polar surface area (TPSA) is 85.1 Å². The van der Waals surface area contributed by atoms with E-state index in [1.165, 1.54) is 12.3 Å². The van der Waals surface area contributed by atoms with E-state index in [-0.39, 0.29) is 10.7 Å². The summed E-state index contributed by atoms with van der Waals surface area (Å²) in [5.41, 5.74) is -0.420. The number of anilines is 1. The van der Waals surface area contributed by atoms with E-state index < -0.39 is 16.5 Å². The molecule has 0 atom stereocenters. The van der Waals surface area contributed by atoms with Gasteiger partial charge in [0, 0.05) is 10.7 Å². The number of nitrogens with zero attached hydrogens (tertiary/aromatic N) is 2. The maximum Gasteiger partial charge on any atom is 0.319 e. The van der Waals surface area contributed by atoms with Crippen LogP contribution in [0.25, 0.3) is 0 Å². The van der Waals surface area contributed by atoms with Crippen molar-refractivity contribution in [1.29, 1.82) is 0 Å². The minimum Gasteiger partial charge on any atom is -0.320 e. The molecule has 6 nitrogen and oxygen atoms in total. The van der Waals surface area contributed by atoms with Crippen LogP contribution in [0.3, 0.4) is 0 Å². The molecule has 2 rings (SSSR count). The monoisotopic (exact) mass is 389 g/mol. The average Bonchev–Trinajstić information content (AvgIpc) is 2.41. The molecule has 0 saturated carbocycles. The van der Waals surface area contributed by atoms with Crippen molar-refractivity contribution in [2.75, 3.05) is 5.32 Å². The van der Waals surface area contributed by atoms with Crippen LogP contribution >= 0.6 is 39.1 Å². The van der Waals surface area contributed by atoms with E-state index in [1.54, 1.807) is 18.2 Å². The van der Waals surface area contributed by atoms with E-state index in [2.05, 4.69) is 26.2 Å². The van der Waals surface area contributed by atoms with E-state index in [9.17, 15) is 14.9 Å².